The molecule has 0 aliphatic rings. The Morgan fingerprint density at radius 1 is 1.33 bits per heavy atom. The van der Waals surface area contributed by atoms with Crippen LogP contribution < -0.4 is 5.32 Å². The lowest BCUT2D eigenvalue weighted by Gasteiger charge is -2.22. The molecule has 1 rings (SSSR count). The minimum Gasteiger partial charge on any atom is -0.392 e. The summed E-state index contributed by atoms with van der Waals surface area (Å²) in [6, 6.07) is 6.05. The summed E-state index contributed by atoms with van der Waals surface area (Å²) in [4.78, 5) is 0. The first-order valence-electron chi connectivity index (χ1n) is 6.42. The van der Waals surface area contributed by atoms with Gasteiger partial charge in [0.1, 0.15) is 0 Å². The van der Waals surface area contributed by atoms with Crippen molar-refractivity contribution in [3.63, 3.8) is 0 Å². The van der Waals surface area contributed by atoms with Crippen LogP contribution in [0.3, 0.4) is 0 Å². The lowest BCUT2D eigenvalue weighted by molar-refractivity contribution is 0.119. The Hall–Kier alpha value is -0.570. The van der Waals surface area contributed by atoms with E-state index in [-0.39, 0.29) is 11.5 Å². The Bertz CT molecular complexity index is 385. The highest BCUT2D eigenvalue weighted by molar-refractivity contribution is 6.31. The molecule has 0 bridgehead atoms. The van der Waals surface area contributed by atoms with Crippen molar-refractivity contribution >= 4 is 11.6 Å². The fourth-order valence-electron chi connectivity index (χ4n) is 1.91. The van der Waals surface area contributed by atoms with Crippen molar-refractivity contribution in [3.05, 3.63) is 34.3 Å². The number of nitrogens with one attached hydrogen (secondary N) is 1. The quantitative estimate of drug-likeness (QED) is 0.857. The summed E-state index contributed by atoms with van der Waals surface area (Å²) in [5.74, 6) is 0. The molecule has 0 amide bonds. The molecule has 0 radical (unpaired) electrons. The van der Waals surface area contributed by atoms with Gasteiger partial charge in [0.05, 0.1) is 6.10 Å². The van der Waals surface area contributed by atoms with E-state index in [9.17, 15) is 5.11 Å². The number of aliphatic hydroxyl groups is 1. The van der Waals surface area contributed by atoms with Crippen molar-refractivity contribution < 1.29 is 5.11 Å². The van der Waals surface area contributed by atoms with Crippen LogP contribution in [0.4, 0.5) is 0 Å². The van der Waals surface area contributed by atoms with Crippen LogP contribution in [-0.4, -0.2) is 17.8 Å². The number of aryl methyl sites for hydroxylation is 1. The maximum atomic E-state index is 9.87. The van der Waals surface area contributed by atoms with Gasteiger partial charge in [0.25, 0.3) is 0 Å². The van der Waals surface area contributed by atoms with E-state index in [0.717, 1.165) is 29.1 Å². The molecule has 2 N–H and O–H groups in total. The van der Waals surface area contributed by atoms with Gasteiger partial charge in [-0.1, -0.05) is 44.5 Å². The lowest BCUT2D eigenvalue weighted by atomic mass is 9.89. The Kier molecular flexibility index (Phi) is 5.64. The molecule has 3 heteroatoms. The average Bonchev–Trinajstić information content (AvgIpc) is 2.20. The molecule has 0 saturated heterocycles. The predicted octanol–water partition coefficient (Wildman–Crippen LogP) is 3.54. The molecule has 0 fully saturated rings. The van der Waals surface area contributed by atoms with Gasteiger partial charge in [0, 0.05) is 18.1 Å². The van der Waals surface area contributed by atoms with Gasteiger partial charge >= 0.3 is 0 Å². The topological polar surface area (TPSA) is 32.3 Å². The van der Waals surface area contributed by atoms with Crippen LogP contribution in [0.15, 0.2) is 18.2 Å². The minimum absolute atomic E-state index is 0.161. The van der Waals surface area contributed by atoms with Gasteiger partial charge in [0.15, 0.2) is 0 Å². The third kappa shape index (κ3) is 5.85. The SMILES string of the molecule is Cc1ccc(CNCC(O)CC(C)(C)C)cc1Cl. The van der Waals surface area contributed by atoms with Gasteiger partial charge in [-0.3, -0.25) is 0 Å². The molecular formula is C15H24ClNO. The molecule has 0 aliphatic carbocycles. The number of rotatable bonds is 5. The van der Waals surface area contributed by atoms with Crippen LogP contribution in [0.5, 0.6) is 0 Å². The van der Waals surface area contributed by atoms with Crippen molar-refractivity contribution in [2.45, 2.75) is 46.8 Å². The third-order valence-corrected chi connectivity index (χ3v) is 3.20. The van der Waals surface area contributed by atoms with Gasteiger partial charge in [-0.2, -0.15) is 0 Å². The van der Waals surface area contributed by atoms with Crippen molar-refractivity contribution in [3.8, 4) is 0 Å². The first kappa shape index (κ1) is 15.5. The minimum atomic E-state index is -0.300. The zero-order chi connectivity index (χ0) is 13.8. The maximum absolute atomic E-state index is 9.87. The molecule has 102 valence electrons. The van der Waals surface area contributed by atoms with Gasteiger partial charge in [-0.25, -0.2) is 0 Å². The van der Waals surface area contributed by atoms with E-state index in [1.54, 1.807) is 0 Å². The molecule has 0 aromatic heterocycles. The standard InChI is InChI=1S/C15H24ClNO/c1-11-5-6-12(7-14(11)16)9-17-10-13(18)8-15(2,3)4/h5-7,13,17-18H,8-10H2,1-4H3. The lowest BCUT2D eigenvalue weighted by Crippen LogP contribution is -2.29. The fraction of sp³-hybridized carbons (Fsp3) is 0.600. The zero-order valence-electron chi connectivity index (χ0n) is 11.8. The summed E-state index contributed by atoms with van der Waals surface area (Å²) in [5.41, 5.74) is 2.40. The average molecular weight is 270 g/mol. The largest absolute Gasteiger partial charge is 0.392 e. The number of hydrogen-bond acceptors (Lipinski definition) is 2. The van der Waals surface area contributed by atoms with Crippen LogP contribution in [0.2, 0.25) is 5.02 Å². The zero-order valence-corrected chi connectivity index (χ0v) is 12.5. The third-order valence-electron chi connectivity index (χ3n) is 2.79. The fourth-order valence-corrected chi connectivity index (χ4v) is 2.11. The Morgan fingerprint density at radius 3 is 2.56 bits per heavy atom. The van der Waals surface area contributed by atoms with Crippen molar-refractivity contribution in [2.75, 3.05) is 6.54 Å². The molecule has 0 aliphatic heterocycles. The molecule has 18 heavy (non-hydrogen) atoms. The first-order valence-corrected chi connectivity index (χ1v) is 6.79. The van der Waals surface area contributed by atoms with Gasteiger partial charge in [-0.15, -0.1) is 0 Å². The monoisotopic (exact) mass is 269 g/mol. The second-order valence-corrected chi connectivity index (χ2v) is 6.54. The van der Waals surface area contributed by atoms with E-state index in [0.29, 0.717) is 6.54 Å². The number of benzene rings is 1. The highest BCUT2D eigenvalue weighted by Gasteiger charge is 2.16. The van der Waals surface area contributed by atoms with Gasteiger partial charge in [0.2, 0.25) is 0 Å². The number of aliphatic hydroxyl groups excluding tert-OH is 1. The van der Waals surface area contributed by atoms with Crippen LogP contribution in [0.25, 0.3) is 0 Å². The molecular weight excluding hydrogens is 246 g/mol. The first-order chi connectivity index (χ1) is 8.28. The summed E-state index contributed by atoms with van der Waals surface area (Å²) >= 11 is 6.07. The van der Waals surface area contributed by atoms with E-state index >= 15 is 0 Å². The molecule has 2 nitrogen and oxygen atoms in total. The van der Waals surface area contributed by atoms with E-state index in [1.807, 2.05) is 19.1 Å². The highest BCUT2D eigenvalue weighted by Crippen LogP contribution is 2.20. The summed E-state index contributed by atoms with van der Waals surface area (Å²) in [6.07, 6.45) is 0.500. The smallest absolute Gasteiger partial charge is 0.0669 e. The maximum Gasteiger partial charge on any atom is 0.0669 e. The van der Waals surface area contributed by atoms with Crippen LogP contribution in [0, 0.1) is 12.3 Å². The summed E-state index contributed by atoms with van der Waals surface area (Å²) < 4.78 is 0. The molecule has 1 aromatic carbocycles. The molecule has 0 spiro atoms. The molecule has 0 saturated carbocycles. The summed E-state index contributed by atoms with van der Waals surface area (Å²) in [6.45, 7) is 9.75. The second kappa shape index (κ2) is 6.55. The van der Waals surface area contributed by atoms with E-state index < -0.39 is 0 Å². The highest BCUT2D eigenvalue weighted by atomic mass is 35.5. The number of halogens is 1. The Balaban J connectivity index is 2.35. The van der Waals surface area contributed by atoms with Crippen molar-refractivity contribution in [2.24, 2.45) is 5.41 Å². The van der Waals surface area contributed by atoms with Crippen LogP contribution in [-0.2, 0) is 6.54 Å². The Labute approximate surface area is 115 Å². The van der Waals surface area contributed by atoms with Gasteiger partial charge in [-0.05, 0) is 36.0 Å². The number of hydrogen-bond donors (Lipinski definition) is 2. The Morgan fingerprint density at radius 2 is 2.00 bits per heavy atom. The van der Waals surface area contributed by atoms with E-state index in [4.69, 9.17) is 11.6 Å². The van der Waals surface area contributed by atoms with Crippen LogP contribution in [0.1, 0.15) is 38.3 Å². The van der Waals surface area contributed by atoms with Crippen LogP contribution >= 0.6 is 11.6 Å². The van der Waals surface area contributed by atoms with Crippen molar-refractivity contribution in [1.29, 1.82) is 0 Å². The van der Waals surface area contributed by atoms with E-state index in [2.05, 4.69) is 32.2 Å². The van der Waals surface area contributed by atoms with Gasteiger partial charge < -0.3 is 10.4 Å². The molecule has 1 aromatic rings. The summed E-state index contributed by atoms with van der Waals surface area (Å²) in [7, 11) is 0. The van der Waals surface area contributed by atoms with E-state index in [1.165, 1.54) is 0 Å². The summed E-state index contributed by atoms with van der Waals surface area (Å²) in [5, 5.41) is 13.9. The predicted molar refractivity (Wildman–Crippen MR) is 78.0 cm³/mol. The molecule has 0 heterocycles. The molecule has 1 atom stereocenters. The normalized spacial score (nSPS) is 13.7. The van der Waals surface area contributed by atoms with Crippen molar-refractivity contribution in [1.82, 2.24) is 5.32 Å². The molecule has 1 unspecified atom stereocenters. The second-order valence-electron chi connectivity index (χ2n) is 6.13.